The third kappa shape index (κ3) is 2.85. The fraction of sp³-hybridized carbons (Fsp3) is 0.0233. The maximum atomic E-state index is 2.53. The summed E-state index contributed by atoms with van der Waals surface area (Å²) in [6.07, 6.45) is 0. The zero-order chi connectivity index (χ0) is 29.3. The first-order chi connectivity index (χ1) is 22.3. The van der Waals surface area contributed by atoms with E-state index in [0.29, 0.717) is 0 Å². The van der Waals surface area contributed by atoms with E-state index >= 15 is 0 Å². The minimum Gasteiger partial charge on any atom is -0.309 e. The second-order valence-electron chi connectivity index (χ2n) is 12.4. The highest BCUT2D eigenvalue weighted by molar-refractivity contribution is 7.25. The number of thiophene rings is 1. The van der Waals surface area contributed by atoms with E-state index in [4.69, 9.17) is 0 Å². The monoisotopic (exact) mass is 587 g/mol. The summed E-state index contributed by atoms with van der Waals surface area (Å²) in [4.78, 5) is 0. The van der Waals surface area contributed by atoms with Gasteiger partial charge >= 0.3 is 0 Å². The molecule has 1 spiro atoms. The Labute approximate surface area is 264 Å². The molecule has 0 bridgehead atoms. The first-order valence-electron chi connectivity index (χ1n) is 15.6. The number of nitrogens with zero attached hydrogens (tertiary/aromatic N) is 1. The maximum Gasteiger partial charge on any atom is 0.0754 e. The zero-order valence-corrected chi connectivity index (χ0v) is 25.1. The molecule has 2 heteroatoms. The SMILES string of the molecule is c1ccc2c(c1)-c1ccccc1C21c2ccccc2-n2c3ccc(-c4ccc5sc6ccccc6c5c4)cc3c3cccc1c32. The van der Waals surface area contributed by atoms with Crippen molar-refractivity contribution in [1.29, 1.82) is 0 Å². The predicted molar refractivity (Wildman–Crippen MR) is 190 cm³/mol. The summed E-state index contributed by atoms with van der Waals surface area (Å²) < 4.78 is 5.22. The van der Waals surface area contributed by atoms with Gasteiger partial charge in [-0.1, -0.05) is 115 Å². The molecule has 0 amide bonds. The van der Waals surface area contributed by atoms with Gasteiger partial charge in [0.1, 0.15) is 0 Å². The van der Waals surface area contributed by atoms with Crippen LogP contribution in [0.3, 0.4) is 0 Å². The number of hydrogen-bond acceptors (Lipinski definition) is 1. The first-order valence-corrected chi connectivity index (χ1v) is 16.4. The highest BCUT2D eigenvalue weighted by Gasteiger charge is 2.50. The van der Waals surface area contributed by atoms with Crippen molar-refractivity contribution in [2.75, 3.05) is 0 Å². The van der Waals surface area contributed by atoms with Crippen molar-refractivity contribution < 1.29 is 0 Å². The molecule has 7 aromatic carbocycles. The Morgan fingerprint density at radius 3 is 1.84 bits per heavy atom. The number of para-hydroxylation sites is 2. The van der Waals surface area contributed by atoms with E-state index in [9.17, 15) is 0 Å². The van der Waals surface area contributed by atoms with Crippen molar-refractivity contribution in [3.63, 3.8) is 0 Å². The molecule has 1 aliphatic carbocycles. The molecule has 2 aliphatic rings. The molecule has 1 aliphatic heterocycles. The van der Waals surface area contributed by atoms with Gasteiger partial charge < -0.3 is 4.57 Å². The zero-order valence-electron chi connectivity index (χ0n) is 24.3. The van der Waals surface area contributed by atoms with Gasteiger partial charge in [-0.2, -0.15) is 0 Å². The molecule has 11 rings (SSSR count). The van der Waals surface area contributed by atoms with Crippen LogP contribution < -0.4 is 0 Å². The molecule has 0 unspecified atom stereocenters. The Hall–Kier alpha value is -5.44. The Bertz CT molecular complexity index is 2670. The van der Waals surface area contributed by atoms with Crippen molar-refractivity contribution in [2.45, 2.75) is 5.41 Å². The van der Waals surface area contributed by atoms with E-state index in [2.05, 4.69) is 156 Å². The van der Waals surface area contributed by atoms with Crippen molar-refractivity contribution in [2.24, 2.45) is 0 Å². The van der Waals surface area contributed by atoms with Crippen LogP contribution in [0.2, 0.25) is 0 Å². The van der Waals surface area contributed by atoms with E-state index in [1.165, 1.54) is 92.2 Å². The van der Waals surface area contributed by atoms with Crippen LogP contribution in [-0.2, 0) is 5.41 Å². The topological polar surface area (TPSA) is 4.93 Å². The van der Waals surface area contributed by atoms with Crippen LogP contribution in [0.4, 0.5) is 0 Å². The molecule has 1 nitrogen and oxygen atoms in total. The van der Waals surface area contributed by atoms with Crippen molar-refractivity contribution in [3.05, 3.63) is 174 Å². The fourth-order valence-electron chi connectivity index (χ4n) is 8.65. The second kappa shape index (κ2) is 8.38. The third-order valence-electron chi connectivity index (χ3n) is 10.4. The Morgan fingerprint density at radius 1 is 0.422 bits per heavy atom. The molecule has 3 heterocycles. The third-order valence-corrected chi connectivity index (χ3v) is 11.6. The molecule has 9 aromatic rings. The van der Waals surface area contributed by atoms with Gasteiger partial charge in [0.2, 0.25) is 0 Å². The van der Waals surface area contributed by atoms with Crippen LogP contribution in [0.5, 0.6) is 0 Å². The molecule has 0 radical (unpaired) electrons. The van der Waals surface area contributed by atoms with Gasteiger partial charge in [0.05, 0.1) is 22.1 Å². The van der Waals surface area contributed by atoms with E-state index < -0.39 is 0 Å². The number of rotatable bonds is 1. The molecular formula is C43H25NS. The van der Waals surface area contributed by atoms with E-state index in [-0.39, 0.29) is 5.41 Å². The highest BCUT2D eigenvalue weighted by Crippen LogP contribution is 2.60. The van der Waals surface area contributed by atoms with E-state index in [1.807, 2.05) is 11.3 Å². The van der Waals surface area contributed by atoms with Gasteiger partial charge in [0.15, 0.2) is 0 Å². The molecule has 0 atom stereocenters. The van der Waals surface area contributed by atoms with Gasteiger partial charge in [-0.3, -0.25) is 0 Å². The molecule has 0 N–H and O–H groups in total. The first kappa shape index (κ1) is 23.9. The Balaban J connectivity index is 1.24. The van der Waals surface area contributed by atoms with Gasteiger partial charge in [0.25, 0.3) is 0 Å². The smallest absolute Gasteiger partial charge is 0.0754 e. The van der Waals surface area contributed by atoms with E-state index in [0.717, 1.165) is 0 Å². The Morgan fingerprint density at radius 2 is 1.02 bits per heavy atom. The molecule has 45 heavy (non-hydrogen) atoms. The number of fused-ring (bicyclic) bond motifs is 15. The van der Waals surface area contributed by atoms with Gasteiger partial charge in [0, 0.05) is 30.9 Å². The average Bonchev–Trinajstić information content (AvgIpc) is 3.74. The molecule has 208 valence electrons. The van der Waals surface area contributed by atoms with Crippen molar-refractivity contribution in [1.82, 2.24) is 4.57 Å². The standard InChI is InChI=1S/C43H25NS/c1-4-14-34-28(10-1)29-11-2-5-15-35(29)43(34)36-16-6-7-18-39(36)44-38-22-20-26(24-32(38)31-13-9-17-37(43)42(31)44)27-21-23-41-33(25-27)30-12-3-8-19-40(30)45-41/h1-25H. The fourth-order valence-corrected chi connectivity index (χ4v) is 9.74. The van der Waals surface area contributed by atoms with Crippen molar-refractivity contribution in [3.8, 4) is 27.9 Å². The normalized spacial score (nSPS) is 14.0. The van der Waals surface area contributed by atoms with Crippen LogP contribution in [0, 0.1) is 0 Å². The average molecular weight is 588 g/mol. The number of benzene rings is 7. The number of aromatic nitrogens is 1. The van der Waals surface area contributed by atoms with E-state index in [1.54, 1.807) is 0 Å². The van der Waals surface area contributed by atoms with Gasteiger partial charge in [-0.15, -0.1) is 11.3 Å². The lowest BCUT2D eigenvalue weighted by atomic mass is 9.65. The molecule has 0 fully saturated rings. The number of hydrogen-bond donors (Lipinski definition) is 0. The Kier molecular flexibility index (Phi) is 4.46. The van der Waals surface area contributed by atoms with Gasteiger partial charge in [-0.25, -0.2) is 0 Å². The predicted octanol–water partition coefficient (Wildman–Crippen LogP) is 11.5. The molecular weight excluding hydrogens is 563 g/mol. The van der Waals surface area contributed by atoms with Crippen LogP contribution in [0.1, 0.15) is 22.3 Å². The minimum absolute atomic E-state index is 0.373. The lowest BCUT2D eigenvalue weighted by Crippen LogP contribution is -2.33. The van der Waals surface area contributed by atoms with Crippen LogP contribution in [0.25, 0.3) is 69.9 Å². The maximum absolute atomic E-state index is 2.53. The van der Waals surface area contributed by atoms with Crippen molar-refractivity contribution >= 4 is 53.3 Å². The summed E-state index contributed by atoms with van der Waals surface area (Å²) in [7, 11) is 0. The van der Waals surface area contributed by atoms with Crippen LogP contribution in [0.15, 0.2) is 152 Å². The molecule has 2 aromatic heterocycles. The van der Waals surface area contributed by atoms with Crippen LogP contribution >= 0.6 is 11.3 Å². The largest absolute Gasteiger partial charge is 0.309 e. The molecule has 0 saturated carbocycles. The van der Waals surface area contributed by atoms with Gasteiger partial charge in [-0.05, 0) is 80.9 Å². The summed E-state index contributed by atoms with van der Waals surface area (Å²) in [5.41, 5.74) is 14.1. The second-order valence-corrected chi connectivity index (χ2v) is 13.5. The lowest BCUT2D eigenvalue weighted by Gasteiger charge is -2.39. The summed E-state index contributed by atoms with van der Waals surface area (Å²) in [6.45, 7) is 0. The lowest BCUT2D eigenvalue weighted by molar-refractivity contribution is 0.748. The molecule has 0 saturated heterocycles. The quantitative estimate of drug-likeness (QED) is 0.180. The summed E-state index contributed by atoms with van der Waals surface area (Å²) in [6, 6.07) is 56.9. The summed E-state index contributed by atoms with van der Waals surface area (Å²) >= 11 is 1.87. The summed E-state index contributed by atoms with van der Waals surface area (Å²) in [5, 5.41) is 5.28. The minimum atomic E-state index is -0.373. The van der Waals surface area contributed by atoms with Crippen LogP contribution in [-0.4, -0.2) is 4.57 Å². The highest BCUT2D eigenvalue weighted by atomic mass is 32.1. The summed E-state index contributed by atoms with van der Waals surface area (Å²) in [5.74, 6) is 0.